The van der Waals surface area contributed by atoms with Gasteiger partial charge in [-0.1, -0.05) is 12.1 Å². The van der Waals surface area contributed by atoms with E-state index < -0.39 is 53.9 Å². The summed E-state index contributed by atoms with van der Waals surface area (Å²) in [6, 6.07) is 17.4. The fourth-order valence-corrected chi connectivity index (χ4v) is 10.2. The van der Waals surface area contributed by atoms with Gasteiger partial charge in [-0.25, -0.2) is 26.8 Å². The highest BCUT2D eigenvalue weighted by molar-refractivity contribution is 7.91. The van der Waals surface area contributed by atoms with Gasteiger partial charge in [0, 0.05) is 38.9 Å². The van der Waals surface area contributed by atoms with Gasteiger partial charge in [-0.05, 0) is 76.2 Å². The molecular weight excluding hydrogens is 949 g/mol. The van der Waals surface area contributed by atoms with Crippen LogP contribution in [0.25, 0.3) is 34.5 Å². The number of aryl methyl sites for hydroxylation is 4. The standard InChI is InChI=1S/2C23H27N5O6S/c2*1-14-9-10-18(34-14)22-26-25-19(28(22)20-16(32-4)7-6-8-17(20)33-5)13-35(30,31)15(2)21(29)23-24-11-12-27(23)3/h2*6-12,15,21,29H,13H2,1-5H3/t2*15-,21-/m10/s1. The number of aromatic nitrogens is 10. The maximum absolute atomic E-state index is 13.4. The zero-order valence-corrected chi connectivity index (χ0v) is 41.7. The summed E-state index contributed by atoms with van der Waals surface area (Å²) in [6.45, 7) is 6.46. The van der Waals surface area contributed by atoms with Crippen molar-refractivity contribution in [1.29, 1.82) is 0 Å². The summed E-state index contributed by atoms with van der Waals surface area (Å²) in [5.41, 5.74) is 0.850. The monoisotopic (exact) mass is 1000 g/mol. The molecule has 6 heterocycles. The maximum Gasteiger partial charge on any atom is 0.204 e. The summed E-state index contributed by atoms with van der Waals surface area (Å²) in [5.74, 6) is 4.06. The van der Waals surface area contributed by atoms with Crippen LogP contribution in [0.4, 0.5) is 0 Å². The summed E-state index contributed by atoms with van der Waals surface area (Å²) >= 11 is 0. The van der Waals surface area contributed by atoms with Crippen LogP contribution in [0.1, 0.15) is 60.9 Å². The van der Waals surface area contributed by atoms with Crippen molar-refractivity contribution in [3.8, 4) is 57.5 Å². The van der Waals surface area contributed by atoms with E-state index >= 15 is 0 Å². The molecule has 0 aliphatic carbocycles. The molecule has 4 atom stereocenters. The molecular formula is C46H54N10O12S2. The minimum absolute atomic E-state index is 0.107. The first-order chi connectivity index (χ1) is 33.3. The van der Waals surface area contributed by atoms with Crippen molar-refractivity contribution >= 4 is 19.7 Å². The van der Waals surface area contributed by atoms with Gasteiger partial charge in [-0.3, -0.25) is 9.13 Å². The molecule has 24 heteroatoms. The third-order valence-corrected chi connectivity index (χ3v) is 15.7. The van der Waals surface area contributed by atoms with Gasteiger partial charge in [0.15, 0.2) is 42.8 Å². The molecule has 0 spiro atoms. The lowest BCUT2D eigenvalue weighted by Gasteiger charge is -2.20. The van der Waals surface area contributed by atoms with Crippen LogP contribution in [-0.2, 0) is 45.3 Å². The van der Waals surface area contributed by atoms with E-state index in [1.165, 1.54) is 54.7 Å². The molecule has 6 aromatic heterocycles. The summed E-state index contributed by atoms with van der Waals surface area (Å²) in [4.78, 5) is 8.17. The molecule has 0 aliphatic rings. The fraction of sp³-hybridized carbons (Fsp3) is 0.348. The SMILES string of the molecule is COc1cccc(OC)c1-n1c(CS(=O)(=O)[C@@H](C)[C@H](O)c2nccn2C)nnc1-c1ccc(C)o1.COc1cccc(OC)c1-n1c(CS(=O)(=O)[C@H](C)[C@@H](O)c2nccn2C)nnc1-c1ccc(C)o1. The van der Waals surface area contributed by atoms with E-state index in [-0.39, 0.29) is 34.9 Å². The first-order valence-electron chi connectivity index (χ1n) is 21.5. The van der Waals surface area contributed by atoms with E-state index in [0.717, 1.165) is 0 Å². The average molecular weight is 1000 g/mol. The second kappa shape index (κ2) is 20.8. The van der Waals surface area contributed by atoms with Gasteiger partial charge in [0.05, 0.1) is 38.9 Å². The number of furan rings is 2. The van der Waals surface area contributed by atoms with Crippen molar-refractivity contribution in [2.75, 3.05) is 28.4 Å². The predicted octanol–water partition coefficient (Wildman–Crippen LogP) is 5.25. The van der Waals surface area contributed by atoms with Crippen LogP contribution < -0.4 is 18.9 Å². The zero-order valence-electron chi connectivity index (χ0n) is 40.1. The molecule has 8 aromatic rings. The molecule has 0 bridgehead atoms. The van der Waals surface area contributed by atoms with Gasteiger partial charge in [0.2, 0.25) is 11.6 Å². The Bertz CT molecular complexity index is 3050. The predicted molar refractivity (Wildman–Crippen MR) is 254 cm³/mol. The smallest absolute Gasteiger partial charge is 0.204 e. The largest absolute Gasteiger partial charge is 0.494 e. The van der Waals surface area contributed by atoms with Crippen molar-refractivity contribution in [3.05, 3.63) is 120 Å². The Balaban J connectivity index is 0.000000206. The Kier molecular flexibility index (Phi) is 15.0. The number of imidazole rings is 2. The van der Waals surface area contributed by atoms with E-state index in [9.17, 15) is 27.0 Å². The summed E-state index contributed by atoms with van der Waals surface area (Å²) in [7, 11) is 1.52. The number of sulfone groups is 2. The van der Waals surface area contributed by atoms with Gasteiger partial charge in [0.1, 0.15) is 81.3 Å². The first-order valence-corrected chi connectivity index (χ1v) is 25.0. The number of nitrogens with zero attached hydrogens (tertiary/aromatic N) is 10. The number of methoxy groups -OCH3 is 4. The molecule has 372 valence electrons. The van der Waals surface area contributed by atoms with E-state index in [1.54, 1.807) is 119 Å². The van der Waals surface area contributed by atoms with E-state index in [4.69, 9.17) is 27.8 Å². The highest BCUT2D eigenvalue weighted by Gasteiger charge is 2.36. The lowest BCUT2D eigenvalue weighted by atomic mass is 10.2. The molecule has 8 rings (SSSR count). The topological polar surface area (TPSA) is 269 Å². The Labute approximate surface area is 403 Å². The van der Waals surface area contributed by atoms with Crippen molar-refractivity contribution < 1.29 is 54.8 Å². The van der Waals surface area contributed by atoms with Crippen LogP contribution in [-0.4, -0.2) is 115 Å². The number of para-hydroxylation sites is 2. The van der Waals surface area contributed by atoms with Gasteiger partial charge in [-0.2, -0.15) is 0 Å². The molecule has 0 unspecified atom stereocenters. The van der Waals surface area contributed by atoms with E-state index in [1.807, 2.05) is 0 Å². The quantitative estimate of drug-likeness (QED) is 0.111. The third-order valence-electron chi connectivity index (χ3n) is 11.6. The number of hydrogen-bond acceptors (Lipinski definition) is 18. The van der Waals surface area contributed by atoms with E-state index in [2.05, 4.69) is 30.4 Å². The van der Waals surface area contributed by atoms with Crippen LogP contribution in [0.2, 0.25) is 0 Å². The number of aliphatic hydroxyl groups excluding tert-OH is 2. The molecule has 0 fully saturated rings. The molecule has 2 N–H and O–H groups in total. The van der Waals surface area contributed by atoms with Crippen LogP contribution in [0.5, 0.6) is 23.0 Å². The molecule has 2 aromatic carbocycles. The number of hydrogen-bond donors (Lipinski definition) is 2. The molecule has 0 radical (unpaired) electrons. The summed E-state index contributed by atoms with van der Waals surface area (Å²) in [5, 5.41) is 36.0. The maximum atomic E-state index is 13.4. The minimum atomic E-state index is -3.93. The Hall–Kier alpha value is -7.28. The highest BCUT2D eigenvalue weighted by atomic mass is 32.2. The van der Waals surface area contributed by atoms with Crippen molar-refractivity contribution in [3.63, 3.8) is 0 Å². The molecule has 0 aliphatic heterocycles. The number of rotatable bonds is 18. The molecule has 0 saturated heterocycles. The molecule has 22 nitrogen and oxygen atoms in total. The van der Waals surface area contributed by atoms with Gasteiger partial charge in [0.25, 0.3) is 0 Å². The minimum Gasteiger partial charge on any atom is -0.494 e. The van der Waals surface area contributed by atoms with Crippen LogP contribution >= 0.6 is 0 Å². The van der Waals surface area contributed by atoms with Gasteiger partial charge < -0.3 is 47.1 Å². The summed E-state index contributed by atoms with van der Waals surface area (Å²) < 4.78 is 93.7. The first kappa shape index (κ1) is 50.6. The number of benzene rings is 2. The Morgan fingerprint density at radius 3 is 1.17 bits per heavy atom. The zero-order chi connectivity index (χ0) is 50.7. The van der Waals surface area contributed by atoms with Gasteiger partial charge >= 0.3 is 0 Å². The highest BCUT2D eigenvalue weighted by Crippen LogP contribution is 2.39. The van der Waals surface area contributed by atoms with E-state index in [0.29, 0.717) is 57.4 Å². The normalized spacial score (nSPS) is 13.5. The Morgan fingerprint density at radius 2 is 0.900 bits per heavy atom. The summed E-state index contributed by atoms with van der Waals surface area (Å²) in [6.07, 6.45) is 3.62. The molecule has 0 amide bonds. The van der Waals surface area contributed by atoms with Crippen LogP contribution in [0, 0.1) is 13.8 Å². The van der Waals surface area contributed by atoms with Crippen LogP contribution in [0.3, 0.4) is 0 Å². The number of aliphatic hydroxyl groups is 2. The lowest BCUT2D eigenvalue weighted by molar-refractivity contribution is 0.162. The average Bonchev–Trinajstić information content (AvgIpc) is 4.23. The molecule has 70 heavy (non-hydrogen) atoms. The van der Waals surface area contributed by atoms with Crippen LogP contribution in [0.15, 0.2) is 94.3 Å². The van der Waals surface area contributed by atoms with Crippen molar-refractivity contribution in [1.82, 2.24) is 48.6 Å². The molecule has 0 saturated carbocycles. The second-order valence-corrected chi connectivity index (χ2v) is 20.8. The number of ether oxygens (including phenoxy) is 4. The fourth-order valence-electron chi connectivity index (χ4n) is 7.58. The van der Waals surface area contributed by atoms with Crippen molar-refractivity contribution in [2.24, 2.45) is 14.1 Å². The van der Waals surface area contributed by atoms with Crippen molar-refractivity contribution in [2.45, 2.75) is 61.9 Å². The Morgan fingerprint density at radius 1 is 0.557 bits per heavy atom. The second-order valence-electron chi connectivity index (χ2n) is 16.1. The van der Waals surface area contributed by atoms with Gasteiger partial charge in [-0.15, -0.1) is 20.4 Å². The lowest BCUT2D eigenvalue weighted by Crippen LogP contribution is -2.29. The third kappa shape index (κ3) is 10.1.